The maximum atomic E-state index is 12.0. The highest BCUT2D eigenvalue weighted by Gasteiger charge is 2.26. The molecule has 0 unspecified atom stereocenters. The normalized spacial score (nSPS) is 13.5. The van der Waals surface area contributed by atoms with Gasteiger partial charge in [-0.15, -0.1) is 17.5 Å². The molecule has 110 valence electrons. The molecule has 1 amide bonds. The highest BCUT2D eigenvalue weighted by molar-refractivity contribution is 6.04. The van der Waals surface area contributed by atoms with Gasteiger partial charge in [0.2, 0.25) is 5.90 Å². The van der Waals surface area contributed by atoms with Gasteiger partial charge in [0, 0.05) is 11.8 Å². The Balaban J connectivity index is 0.00000176. The van der Waals surface area contributed by atoms with Crippen molar-refractivity contribution in [3.63, 3.8) is 0 Å². The van der Waals surface area contributed by atoms with Crippen LogP contribution in [-0.2, 0) is 9.53 Å². The summed E-state index contributed by atoms with van der Waals surface area (Å²) in [6.45, 7) is -0.144. The minimum Gasteiger partial charge on any atom is -0.466 e. The monoisotopic (exact) mass is 314 g/mol. The van der Waals surface area contributed by atoms with Gasteiger partial charge in [-0.2, -0.15) is 10.3 Å². The van der Waals surface area contributed by atoms with Crippen LogP contribution in [0.5, 0.6) is 0 Å². The van der Waals surface area contributed by atoms with E-state index in [0.29, 0.717) is 5.90 Å². The Kier molecular flexibility index (Phi) is 4.71. The zero-order valence-corrected chi connectivity index (χ0v) is 12.2. The molecule has 22 heavy (non-hydrogen) atoms. The van der Waals surface area contributed by atoms with Gasteiger partial charge in [-0.25, -0.2) is 4.98 Å². The summed E-state index contributed by atoms with van der Waals surface area (Å²) in [5.41, 5.74) is 1.04. The molecule has 3 rings (SSSR count). The van der Waals surface area contributed by atoms with Crippen LogP contribution >= 0.6 is 12.4 Å². The fraction of sp³-hybridized carbons (Fsp3) is 0.0667. The van der Waals surface area contributed by atoms with Crippen molar-refractivity contribution < 1.29 is 9.53 Å². The third kappa shape index (κ3) is 2.90. The maximum absolute atomic E-state index is 12.0. The first kappa shape index (κ1) is 15.5. The van der Waals surface area contributed by atoms with Crippen molar-refractivity contribution >= 4 is 30.0 Å². The molecule has 0 atom stereocenters. The minimum atomic E-state index is -0.370. The number of hydrogen-bond donors (Lipinski definition) is 0. The van der Waals surface area contributed by atoms with Gasteiger partial charge in [0.1, 0.15) is 6.07 Å². The van der Waals surface area contributed by atoms with Crippen LogP contribution < -0.4 is 5.01 Å². The maximum Gasteiger partial charge on any atom is 0.286 e. The van der Waals surface area contributed by atoms with E-state index in [-0.39, 0.29) is 36.3 Å². The Hall–Kier alpha value is -2.91. The number of benzene rings is 1. The molecule has 0 aliphatic carbocycles. The van der Waals surface area contributed by atoms with Crippen molar-refractivity contribution in [3.8, 4) is 6.07 Å². The number of halogens is 1. The highest BCUT2D eigenvalue weighted by atomic mass is 35.5. The number of pyridine rings is 1. The molecule has 6 nitrogen and oxygen atoms in total. The molecule has 0 bridgehead atoms. The number of carbonyl (C=O) groups is 1. The first-order valence-electron chi connectivity index (χ1n) is 6.24. The molecule has 2 heterocycles. The van der Waals surface area contributed by atoms with Gasteiger partial charge in [-0.05, 0) is 24.3 Å². The van der Waals surface area contributed by atoms with E-state index in [1.54, 1.807) is 12.1 Å². The fourth-order valence-electron chi connectivity index (χ4n) is 1.91. The summed E-state index contributed by atoms with van der Waals surface area (Å²) < 4.78 is 5.35. The first-order valence-corrected chi connectivity index (χ1v) is 6.24. The zero-order valence-electron chi connectivity index (χ0n) is 11.3. The second kappa shape index (κ2) is 6.70. The zero-order chi connectivity index (χ0) is 14.7. The lowest BCUT2D eigenvalue weighted by Crippen LogP contribution is -2.37. The second-order valence-corrected chi connectivity index (χ2v) is 4.25. The molecule has 1 aliphatic heterocycles. The molecule has 0 radical (unpaired) electrons. The summed E-state index contributed by atoms with van der Waals surface area (Å²) in [7, 11) is 0. The molecule has 0 fully saturated rings. The van der Waals surface area contributed by atoms with Crippen molar-refractivity contribution in [2.24, 2.45) is 5.10 Å². The van der Waals surface area contributed by atoms with E-state index in [1.165, 1.54) is 6.20 Å². The molecule has 0 spiro atoms. The third-order valence-electron chi connectivity index (χ3n) is 2.89. The number of hydrazone groups is 1. The van der Waals surface area contributed by atoms with E-state index in [4.69, 9.17) is 10.00 Å². The summed E-state index contributed by atoms with van der Waals surface area (Å²) in [5.74, 6) is 0.163. The van der Waals surface area contributed by atoms with Gasteiger partial charge >= 0.3 is 0 Å². The average molecular weight is 315 g/mol. The second-order valence-electron chi connectivity index (χ2n) is 4.25. The lowest BCUT2D eigenvalue weighted by molar-refractivity contribution is -0.121. The number of anilines is 1. The first-order chi connectivity index (χ1) is 10.3. The van der Waals surface area contributed by atoms with Crippen LogP contribution in [0, 0.1) is 11.3 Å². The predicted molar refractivity (Wildman–Crippen MR) is 82.6 cm³/mol. The average Bonchev–Trinajstić information content (AvgIpc) is 2.56. The van der Waals surface area contributed by atoms with Crippen LogP contribution in [0.4, 0.5) is 5.82 Å². The van der Waals surface area contributed by atoms with E-state index in [1.807, 2.05) is 36.4 Å². The predicted octanol–water partition coefficient (Wildman–Crippen LogP) is 2.10. The molecule has 1 aliphatic rings. The van der Waals surface area contributed by atoms with Crippen LogP contribution in [0.1, 0.15) is 11.1 Å². The molecule has 1 aromatic carbocycles. The lowest BCUT2D eigenvalue weighted by atomic mass is 10.2. The van der Waals surface area contributed by atoms with Gasteiger partial charge < -0.3 is 4.74 Å². The Morgan fingerprint density at radius 2 is 1.95 bits per heavy atom. The van der Waals surface area contributed by atoms with E-state index < -0.39 is 0 Å². The standard InChI is InChI=1S/C15H10N4O2.ClH/c16-9-12-7-4-8-17-14(12)19-13(20)10-21-15(18-19)11-5-2-1-3-6-11;/h1-8H,10H2;1H. The van der Waals surface area contributed by atoms with E-state index >= 15 is 0 Å². The van der Waals surface area contributed by atoms with Gasteiger partial charge in [-0.1, -0.05) is 18.2 Å². The number of rotatable bonds is 2. The quantitative estimate of drug-likeness (QED) is 0.850. The fourth-order valence-corrected chi connectivity index (χ4v) is 1.91. The summed E-state index contributed by atoms with van der Waals surface area (Å²) in [5, 5.41) is 14.4. The summed E-state index contributed by atoms with van der Waals surface area (Å²) >= 11 is 0. The van der Waals surface area contributed by atoms with Gasteiger partial charge in [-0.3, -0.25) is 4.79 Å². The minimum absolute atomic E-state index is 0. The van der Waals surface area contributed by atoms with E-state index in [9.17, 15) is 4.79 Å². The number of nitrogens with zero attached hydrogens (tertiary/aromatic N) is 4. The van der Waals surface area contributed by atoms with Crippen molar-refractivity contribution in [3.05, 3.63) is 59.8 Å². The van der Waals surface area contributed by atoms with Crippen molar-refractivity contribution in [2.75, 3.05) is 11.6 Å². The Morgan fingerprint density at radius 3 is 2.68 bits per heavy atom. The SMILES string of the molecule is Cl.N#Cc1cccnc1N1N=C(c2ccccc2)OCC1=O. The molecule has 0 saturated heterocycles. The molecule has 0 N–H and O–H groups in total. The van der Waals surface area contributed by atoms with E-state index in [2.05, 4.69) is 10.1 Å². The Morgan fingerprint density at radius 1 is 1.18 bits per heavy atom. The lowest BCUT2D eigenvalue weighted by Gasteiger charge is -2.23. The van der Waals surface area contributed by atoms with Crippen LogP contribution in [0.25, 0.3) is 0 Å². The number of hydrogen-bond acceptors (Lipinski definition) is 5. The van der Waals surface area contributed by atoms with Crippen LogP contribution in [0.3, 0.4) is 0 Å². The Labute approximate surface area is 133 Å². The van der Waals surface area contributed by atoms with Gasteiger partial charge in [0.25, 0.3) is 5.91 Å². The summed E-state index contributed by atoms with van der Waals surface area (Å²) in [6.07, 6.45) is 1.51. The molecular formula is C15H11ClN4O2. The number of ether oxygens (including phenoxy) is 1. The number of carbonyl (C=O) groups excluding carboxylic acids is 1. The number of amides is 1. The van der Waals surface area contributed by atoms with Crippen LogP contribution in [0.15, 0.2) is 53.8 Å². The van der Waals surface area contributed by atoms with Crippen molar-refractivity contribution in [1.29, 1.82) is 5.26 Å². The van der Waals surface area contributed by atoms with Crippen LogP contribution in [0.2, 0.25) is 0 Å². The number of nitriles is 1. The Bertz CT molecular complexity index is 756. The molecule has 1 aromatic heterocycles. The van der Waals surface area contributed by atoms with Gasteiger partial charge in [0.15, 0.2) is 12.4 Å². The van der Waals surface area contributed by atoms with Crippen LogP contribution in [-0.4, -0.2) is 23.4 Å². The smallest absolute Gasteiger partial charge is 0.286 e. The summed E-state index contributed by atoms with van der Waals surface area (Å²) in [6, 6.07) is 14.5. The molecular weight excluding hydrogens is 304 g/mol. The summed E-state index contributed by atoms with van der Waals surface area (Å²) in [4.78, 5) is 16.1. The highest BCUT2D eigenvalue weighted by Crippen LogP contribution is 2.20. The van der Waals surface area contributed by atoms with Crippen molar-refractivity contribution in [2.45, 2.75) is 0 Å². The molecule has 2 aromatic rings. The topological polar surface area (TPSA) is 78.6 Å². The molecule has 0 saturated carbocycles. The van der Waals surface area contributed by atoms with Crippen molar-refractivity contribution in [1.82, 2.24) is 4.98 Å². The largest absolute Gasteiger partial charge is 0.466 e. The third-order valence-corrected chi connectivity index (χ3v) is 2.89. The van der Waals surface area contributed by atoms with Gasteiger partial charge in [0.05, 0.1) is 5.56 Å². The number of aromatic nitrogens is 1. The molecule has 7 heteroatoms. The van der Waals surface area contributed by atoms with E-state index in [0.717, 1.165) is 10.6 Å².